The molecule has 0 saturated heterocycles. The van der Waals surface area contributed by atoms with E-state index in [4.69, 9.17) is 9.84 Å². The molecular weight excluding hydrogens is 320 g/mol. The number of aliphatic carboxylic acids is 1. The third kappa shape index (κ3) is 3.75. The molecule has 0 radical (unpaired) electrons. The molecule has 0 unspecified atom stereocenters. The van der Waals surface area contributed by atoms with E-state index in [0.29, 0.717) is 6.42 Å². The van der Waals surface area contributed by atoms with Crippen molar-refractivity contribution < 1.29 is 14.6 Å². The highest BCUT2D eigenvalue weighted by molar-refractivity contribution is 9.10. The maximum absolute atomic E-state index is 11.1. The fourth-order valence-electron chi connectivity index (χ4n) is 3.30. The average Bonchev–Trinajstić information content (AvgIpc) is 2.84. The highest BCUT2D eigenvalue weighted by Gasteiger charge is 2.35. The number of hydrogen-bond donors (Lipinski definition) is 1. The van der Waals surface area contributed by atoms with E-state index < -0.39 is 5.97 Å². The summed E-state index contributed by atoms with van der Waals surface area (Å²) in [6.07, 6.45) is 6.47. The molecule has 1 aromatic rings. The second kappa shape index (κ2) is 6.61. The monoisotopic (exact) mass is 340 g/mol. The summed E-state index contributed by atoms with van der Waals surface area (Å²) >= 11 is 3.48. The van der Waals surface area contributed by atoms with Crippen LogP contribution >= 0.6 is 15.9 Å². The number of hydrogen-bond acceptors (Lipinski definition) is 2. The number of rotatable bonds is 6. The standard InChI is InChI=1S/C16H21BrO3/c1-20-14-5-4-13(17)10-12(14)6-9-16(11-15(18)19)7-2-3-8-16/h4-5,10H,2-3,6-9,11H2,1H3,(H,18,19). The highest BCUT2D eigenvalue weighted by atomic mass is 79.9. The Kier molecular flexibility index (Phi) is 5.08. The molecule has 0 heterocycles. The summed E-state index contributed by atoms with van der Waals surface area (Å²) in [7, 11) is 1.68. The third-order valence-corrected chi connectivity index (χ3v) is 4.85. The van der Waals surface area contributed by atoms with Crippen LogP contribution in [0, 0.1) is 5.41 Å². The minimum atomic E-state index is -0.673. The Bertz CT molecular complexity index is 479. The SMILES string of the molecule is COc1ccc(Br)cc1CCC1(CC(=O)O)CCCC1. The van der Waals surface area contributed by atoms with Crippen LogP contribution in [0.25, 0.3) is 0 Å². The van der Waals surface area contributed by atoms with Gasteiger partial charge in [0.1, 0.15) is 5.75 Å². The molecule has 0 bridgehead atoms. The molecule has 4 heteroatoms. The first kappa shape index (κ1) is 15.4. The highest BCUT2D eigenvalue weighted by Crippen LogP contribution is 2.45. The summed E-state index contributed by atoms with van der Waals surface area (Å²) in [5, 5.41) is 9.15. The van der Waals surface area contributed by atoms with Crippen molar-refractivity contribution in [3.05, 3.63) is 28.2 Å². The Labute approximate surface area is 128 Å². The van der Waals surface area contributed by atoms with Crippen molar-refractivity contribution in [3.63, 3.8) is 0 Å². The zero-order valence-electron chi connectivity index (χ0n) is 11.8. The second-order valence-electron chi connectivity index (χ2n) is 5.73. The van der Waals surface area contributed by atoms with E-state index in [1.54, 1.807) is 7.11 Å². The minimum Gasteiger partial charge on any atom is -0.496 e. The van der Waals surface area contributed by atoms with E-state index in [9.17, 15) is 4.79 Å². The zero-order valence-corrected chi connectivity index (χ0v) is 13.4. The van der Waals surface area contributed by atoms with Crippen LogP contribution in [0.3, 0.4) is 0 Å². The normalized spacial score (nSPS) is 17.1. The first-order valence-corrected chi connectivity index (χ1v) is 7.88. The molecule has 2 rings (SSSR count). The van der Waals surface area contributed by atoms with Gasteiger partial charge in [-0.05, 0) is 54.9 Å². The molecule has 1 N–H and O–H groups in total. The lowest BCUT2D eigenvalue weighted by atomic mass is 9.77. The Hall–Kier alpha value is -1.03. The minimum absolute atomic E-state index is 0.0147. The van der Waals surface area contributed by atoms with Gasteiger partial charge in [0.2, 0.25) is 0 Å². The largest absolute Gasteiger partial charge is 0.496 e. The first-order chi connectivity index (χ1) is 9.54. The summed E-state index contributed by atoms with van der Waals surface area (Å²) in [5.41, 5.74) is 1.14. The van der Waals surface area contributed by atoms with Gasteiger partial charge in [-0.1, -0.05) is 28.8 Å². The van der Waals surface area contributed by atoms with Crippen LogP contribution in [-0.4, -0.2) is 18.2 Å². The molecule has 0 amide bonds. The first-order valence-electron chi connectivity index (χ1n) is 7.09. The molecule has 0 atom stereocenters. The predicted octanol–water partition coefficient (Wildman–Crippen LogP) is 4.43. The van der Waals surface area contributed by atoms with Gasteiger partial charge in [0.05, 0.1) is 13.5 Å². The van der Waals surface area contributed by atoms with Gasteiger partial charge in [-0.3, -0.25) is 4.79 Å². The maximum atomic E-state index is 11.1. The van der Waals surface area contributed by atoms with Gasteiger partial charge in [0.25, 0.3) is 0 Å². The predicted molar refractivity (Wildman–Crippen MR) is 82.2 cm³/mol. The van der Waals surface area contributed by atoms with Crippen LogP contribution in [0.1, 0.15) is 44.1 Å². The topological polar surface area (TPSA) is 46.5 Å². The van der Waals surface area contributed by atoms with Crippen molar-refractivity contribution in [1.29, 1.82) is 0 Å². The van der Waals surface area contributed by atoms with E-state index >= 15 is 0 Å². The molecule has 110 valence electrons. The van der Waals surface area contributed by atoms with Crippen LogP contribution in [0.15, 0.2) is 22.7 Å². The maximum Gasteiger partial charge on any atom is 0.303 e. The van der Waals surface area contributed by atoms with Crippen molar-refractivity contribution >= 4 is 21.9 Å². The van der Waals surface area contributed by atoms with Crippen LogP contribution in [0.2, 0.25) is 0 Å². The van der Waals surface area contributed by atoms with Gasteiger partial charge >= 0.3 is 5.97 Å². The summed E-state index contributed by atoms with van der Waals surface area (Å²) in [6.45, 7) is 0. The van der Waals surface area contributed by atoms with Crippen molar-refractivity contribution in [2.75, 3.05) is 7.11 Å². The Morgan fingerprint density at radius 1 is 1.40 bits per heavy atom. The summed E-state index contributed by atoms with van der Waals surface area (Å²) in [6, 6.07) is 5.99. The Balaban J connectivity index is 2.09. The molecule has 1 aliphatic rings. The van der Waals surface area contributed by atoms with Crippen molar-refractivity contribution in [2.45, 2.75) is 44.9 Å². The molecule has 0 aromatic heterocycles. The summed E-state index contributed by atoms with van der Waals surface area (Å²) in [4.78, 5) is 11.1. The average molecular weight is 341 g/mol. The zero-order chi connectivity index (χ0) is 14.6. The molecule has 3 nitrogen and oxygen atoms in total. The quantitative estimate of drug-likeness (QED) is 0.833. The number of aryl methyl sites for hydroxylation is 1. The summed E-state index contributed by atoms with van der Waals surface area (Å²) < 4.78 is 6.43. The number of carboxylic acids is 1. The number of halogens is 1. The van der Waals surface area contributed by atoms with Crippen molar-refractivity contribution in [1.82, 2.24) is 0 Å². The fraction of sp³-hybridized carbons (Fsp3) is 0.562. The van der Waals surface area contributed by atoms with Crippen molar-refractivity contribution in [3.8, 4) is 5.75 Å². The lowest BCUT2D eigenvalue weighted by Gasteiger charge is -2.27. The number of carbonyl (C=O) groups is 1. The second-order valence-corrected chi connectivity index (χ2v) is 6.65. The number of benzene rings is 1. The van der Waals surface area contributed by atoms with Gasteiger partial charge in [-0.2, -0.15) is 0 Å². The van der Waals surface area contributed by atoms with Crippen LogP contribution in [0.5, 0.6) is 5.75 Å². The molecule has 0 aliphatic heterocycles. The lowest BCUT2D eigenvalue weighted by Crippen LogP contribution is -2.21. The van der Waals surface area contributed by atoms with Gasteiger partial charge < -0.3 is 9.84 Å². The fourth-order valence-corrected chi connectivity index (χ4v) is 3.71. The number of methoxy groups -OCH3 is 1. The summed E-state index contributed by atoms with van der Waals surface area (Å²) in [5.74, 6) is 0.213. The molecule has 1 saturated carbocycles. The van der Waals surface area contributed by atoms with Crippen LogP contribution < -0.4 is 4.74 Å². The van der Waals surface area contributed by atoms with Crippen LogP contribution in [-0.2, 0) is 11.2 Å². The van der Waals surface area contributed by atoms with Gasteiger partial charge in [-0.15, -0.1) is 0 Å². The van der Waals surface area contributed by atoms with Crippen LogP contribution in [0.4, 0.5) is 0 Å². The Morgan fingerprint density at radius 2 is 2.10 bits per heavy atom. The van der Waals surface area contributed by atoms with E-state index in [0.717, 1.165) is 54.3 Å². The van der Waals surface area contributed by atoms with E-state index in [2.05, 4.69) is 22.0 Å². The van der Waals surface area contributed by atoms with Gasteiger partial charge in [0, 0.05) is 4.47 Å². The Morgan fingerprint density at radius 3 is 2.70 bits per heavy atom. The molecule has 1 aromatic carbocycles. The molecule has 0 spiro atoms. The molecule has 1 aliphatic carbocycles. The third-order valence-electron chi connectivity index (χ3n) is 4.36. The van der Waals surface area contributed by atoms with E-state index in [1.165, 1.54) is 0 Å². The smallest absolute Gasteiger partial charge is 0.303 e. The molecule has 1 fully saturated rings. The van der Waals surface area contributed by atoms with E-state index in [1.807, 2.05) is 12.1 Å². The number of ether oxygens (including phenoxy) is 1. The van der Waals surface area contributed by atoms with Gasteiger partial charge in [-0.25, -0.2) is 0 Å². The lowest BCUT2D eigenvalue weighted by molar-refractivity contribution is -0.139. The molecular formula is C16H21BrO3. The number of carboxylic acid groups (broad SMARTS) is 1. The van der Waals surface area contributed by atoms with Gasteiger partial charge in [0.15, 0.2) is 0 Å². The van der Waals surface area contributed by atoms with E-state index in [-0.39, 0.29) is 5.41 Å². The molecule has 20 heavy (non-hydrogen) atoms. The van der Waals surface area contributed by atoms with Crippen molar-refractivity contribution in [2.24, 2.45) is 5.41 Å².